The van der Waals surface area contributed by atoms with Gasteiger partial charge in [0.15, 0.2) is 5.82 Å². The normalized spacial score (nSPS) is 18.8. The molecule has 116 valence electrons. The fraction of sp³-hybridized carbons (Fsp3) is 0.375. The molecule has 1 aromatic heterocycles. The number of carbonyl (C=O) groups excluding carboxylic acids is 1. The molecule has 1 aliphatic carbocycles. The van der Waals surface area contributed by atoms with E-state index < -0.39 is 6.16 Å². The summed E-state index contributed by atoms with van der Waals surface area (Å²) in [5.74, 6) is 0.396. The highest BCUT2D eigenvalue weighted by atomic mass is 16.7. The van der Waals surface area contributed by atoms with Crippen molar-refractivity contribution in [2.75, 3.05) is 12.8 Å². The number of nitrogens with two attached hydrogens (primary N) is 1. The van der Waals surface area contributed by atoms with E-state index >= 15 is 0 Å². The highest BCUT2D eigenvalue weighted by Crippen LogP contribution is 2.49. The van der Waals surface area contributed by atoms with Crippen LogP contribution in [0.3, 0.4) is 0 Å². The summed E-state index contributed by atoms with van der Waals surface area (Å²) >= 11 is 0. The molecule has 0 saturated heterocycles. The molecule has 0 radical (unpaired) electrons. The predicted octanol–water partition coefficient (Wildman–Crippen LogP) is 2.78. The lowest BCUT2D eigenvalue weighted by molar-refractivity contribution is 0.116. The van der Waals surface area contributed by atoms with E-state index in [-0.39, 0.29) is 23.2 Å². The lowest BCUT2D eigenvalue weighted by Gasteiger charge is -2.29. The molecule has 2 N–H and O–H groups in total. The first-order valence-electron chi connectivity index (χ1n) is 7.10. The summed E-state index contributed by atoms with van der Waals surface area (Å²) < 4.78 is 11.6. The molecule has 1 heterocycles. The van der Waals surface area contributed by atoms with Gasteiger partial charge in [-0.2, -0.15) is 0 Å². The average molecular weight is 301 g/mol. The lowest BCUT2D eigenvalue weighted by atomic mass is 9.85. The van der Waals surface area contributed by atoms with Gasteiger partial charge in [0.05, 0.1) is 13.2 Å². The zero-order valence-electron chi connectivity index (χ0n) is 12.9. The number of benzene rings is 1. The minimum Gasteiger partial charge on any atom is -0.437 e. The van der Waals surface area contributed by atoms with Gasteiger partial charge in [0.1, 0.15) is 6.33 Å². The fourth-order valence-corrected chi connectivity index (χ4v) is 3.27. The van der Waals surface area contributed by atoms with Gasteiger partial charge in [-0.15, -0.1) is 0 Å². The Morgan fingerprint density at radius 1 is 1.41 bits per heavy atom. The third kappa shape index (κ3) is 2.20. The Morgan fingerprint density at radius 3 is 2.86 bits per heavy atom. The SMILES string of the molecule is COC(=O)Oc1c(N)ncn1C1c2ccccc2CC1(C)C. The number of ether oxygens (including phenoxy) is 2. The summed E-state index contributed by atoms with van der Waals surface area (Å²) in [4.78, 5) is 15.6. The van der Waals surface area contributed by atoms with E-state index in [1.165, 1.54) is 18.2 Å². The van der Waals surface area contributed by atoms with Crippen molar-refractivity contribution in [1.29, 1.82) is 0 Å². The molecule has 1 aliphatic rings. The standard InChI is InChI=1S/C16H19N3O3/c1-16(2)8-10-6-4-5-7-11(10)12(16)19-9-18-13(17)14(19)22-15(20)21-3/h4-7,9,12H,8,17H2,1-3H3. The van der Waals surface area contributed by atoms with Gasteiger partial charge in [0.2, 0.25) is 0 Å². The number of hydrogen-bond acceptors (Lipinski definition) is 5. The van der Waals surface area contributed by atoms with Gasteiger partial charge in [-0.3, -0.25) is 4.57 Å². The van der Waals surface area contributed by atoms with E-state index in [0.29, 0.717) is 0 Å². The van der Waals surface area contributed by atoms with Crippen LogP contribution >= 0.6 is 0 Å². The van der Waals surface area contributed by atoms with Crippen LogP contribution in [0.5, 0.6) is 5.88 Å². The molecule has 0 saturated carbocycles. The summed E-state index contributed by atoms with van der Waals surface area (Å²) in [6, 6.07) is 8.25. The number of imidazole rings is 1. The van der Waals surface area contributed by atoms with Crippen LogP contribution in [0.25, 0.3) is 0 Å². The highest BCUT2D eigenvalue weighted by molar-refractivity contribution is 5.65. The van der Waals surface area contributed by atoms with Gasteiger partial charge in [-0.1, -0.05) is 38.1 Å². The number of anilines is 1. The molecular formula is C16H19N3O3. The Hall–Kier alpha value is -2.50. The molecule has 0 fully saturated rings. The van der Waals surface area contributed by atoms with Crippen molar-refractivity contribution in [3.05, 3.63) is 41.7 Å². The molecule has 2 aromatic rings. The minimum atomic E-state index is -0.808. The van der Waals surface area contributed by atoms with Crippen molar-refractivity contribution < 1.29 is 14.3 Å². The van der Waals surface area contributed by atoms with Gasteiger partial charge in [0, 0.05) is 0 Å². The van der Waals surface area contributed by atoms with Gasteiger partial charge < -0.3 is 15.2 Å². The first-order chi connectivity index (χ1) is 10.4. The molecule has 6 heteroatoms. The summed E-state index contributed by atoms with van der Waals surface area (Å²) in [6.07, 6.45) is 1.74. The van der Waals surface area contributed by atoms with Crippen molar-refractivity contribution in [3.8, 4) is 5.88 Å². The van der Waals surface area contributed by atoms with Crippen molar-refractivity contribution in [2.45, 2.75) is 26.3 Å². The second-order valence-electron chi connectivity index (χ2n) is 6.17. The van der Waals surface area contributed by atoms with Gasteiger partial charge in [-0.25, -0.2) is 9.78 Å². The quantitative estimate of drug-likeness (QED) is 0.863. The Bertz CT molecular complexity index is 721. The van der Waals surface area contributed by atoms with Crippen LogP contribution in [0.1, 0.15) is 31.0 Å². The molecule has 1 atom stereocenters. The van der Waals surface area contributed by atoms with Gasteiger partial charge >= 0.3 is 6.16 Å². The van der Waals surface area contributed by atoms with E-state index in [4.69, 9.17) is 10.5 Å². The van der Waals surface area contributed by atoms with E-state index in [9.17, 15) is 4.79 Å². The molecule has 0 spiro atoms. The third-order valence-electron chi connectivity index (χ3n) is 4.14. The molecule has 22 heavy (non-hydrogen) atoms. The zero-order chi connectivity index (χ0) is 15.9. The van der Waals surface area contributed by atoms with E-state index in [1.54, 1.807) is 6.33 Å². The predicted molar refractivity (Wildman–Crippen MR) is 81.7 cm³/mol. The molecule has 1 unspecified atom stereocenters. The molecule has 0 bridgehead atoms. The molecule has 0 aliphatic heterocycles. The number of hydrogen-bond donors (Lipinski definition) is 1. The second-order valence-corrected chi connectivity index (χ2v) is 6.17. The van der Waals surface area contributed by atoms with E-state index in [0.717, 1.165) is 6.42 Å². The Labute approximate surface area is 128 Å². The topological polar surface area (TPSA) is 79.4 Å². The Morgan fingerprint density at radius 2 is 2.14 bits per heavy atom. The number of nitrogens with zero attached hydrogens (tertiary/aromatic N) is 2. The minimum absolute atomic E-state index is 0.00634. The number of aromatic nitrogens is 2. The van der Waals surface area contributed by atoms with E-state index in [2.05, 4.69) is 35.7 Å². The summed E-state index contributed by atoms with van der Waals surface area (Å²) in [5, 5.41) is 0. The van der Waals surface area contributed by atoms with Crippen molar-refractivity contribution >= 4 is 12.0 Å². The molecule has 1 aromatic carbocycles. The maximum atomic E-state index is 11.5. The number of rotatable bonds is 2. The highest BCUT2D eigenvalue weighted by Gasteiger charge is 2.41. The van der Waals surface area contributed by atoms with Crippen molar-refractivity contribution in [3.63, 3.8) is 0 Å². The van der Waals surface area contributed by atoms with Crippen LogP contribution in [0, 0.1) is 5.41 Å². The summed E-state index contributed by atoms with van der Waals surface area (Å²) in [5.41, 5.74) is 8.29. The van der Waals surface area contributed by atoms with Crippen LogP contribution in [0.15, 0.2) is 30.6 Å². The summed E-state index contributed by atoms with van der Waals surface area (Å²) in [7, 11) is 1.26. The number of carbonyl (C=O) groups is 1. The van der Waals surface area contributed by atoms with Gasteiger partial charge in [-0.05, 0) is 23.0 Å². The number of nitrogen functional groups attached to an aromatic ring is 1. The first kappa shape index (κ1) is 14.4. The monoisotopic (exact) mass is 301 g/mol. The second kappa shape index (κ2) is 5.05. The third-order valence-corrected chi connectivity index (χ3v) is 4.14. The molecule has 6 nitrogen and oxygen atoms in total. The van der Waals surface area contributed by atoms with E-state index in [1.807, 2.05) is 16.7 Å². The lowest BCUT2D eigenvalue weighted by Crippen LogP contribution is -2.25. The van der Waals surface area contributed by atoms with Crippen molar-refractivity contribution in [2.24, 2.45) is 5.41 Å². The van der Waals surface area contributed by atoms with Crippen LogP contribution in [-0.4, -0.2) is 22.8 Å². The van der Waals surface area contributed by atoms with Crippen molar-refractivity contribution in [1.82, 2.24) is 9.55 Å². The molecule has 0 amide bonds. The zero-order valence-corrected chi connectivity index (χ0v) is 12.9. The Kier molecular flexibility index (Phi) is 3.31. The molecule has 3 rings (SSSR count). The largest absolute Gasteiger partial charge is 0.514 e. The van der Waals surface area contributed by atoms with Crippen LogP contribution in [0.4, 0.5) is 10.6 Å². The average Bonchev–Trinajstić information content (AvgIpc) is 2.95. The smallest absolute Gasteiger partial charge is 0.437 e. The summed E-state index contributed by atoms with van der Waals surface area (Å²) in [6.45, 7) is 4.35. The van der Waals surface area contributed by atoms with Gasteiger partial charge in [0.25, 0.3) is 5.88 Å². The Balaban J connectivity index is 2.09. The molecular weight excluding hydrogens is 282 g/mol. The number of methoxy groups -OCH3 is 1. The fourth-order valence-electron chi connectivity index (χ4n) is 3.27. The van der Waals surface area contributed by atoms with Crippen LogP contribution in [-0.2, 0) is 11.2 Å². The maximum Gasteiger partial charge on any atom is 0.514 e. The first-order valence-corrected chi connectivity index (χ1v) is 7.10. The van der Waals surface area contributed by atoms with Crippen LogP contribution < -0.4 is 10.5 Å². The maximum absolute atomic E-state index is 11.5. The van der Waals surface area contributed by atoms with Crippen LogP contribution in [0.2, 0.25) is 0 Å². The number of fused-ring (bicyclic) bond motifs is 1.